The van der Waals surface area contributed by atoms with Crippen molar-refractivity contribution in [2.24, 2.45) is 0 Å². The summed E-state index contributed by atoms with van der Waals surface area (Å²) in [5.74, 6) is 0. The molecule has 2 aromatic rings. The standard InChI is InChI=1S/C17H19NO/c19-17(10-13-6-2-1-3-7-13)15-11-14-8-4-5-9-16(14)18-12-15/h4-6,8-9,11-12,17,19H,1-3,7,10H2. The van der Waals surface area contributed by atoms with Gasteiger partial charge in [0.15, 0.2) is 0 Å². The highest BCUT2D eigenvalue weighted by Crippen LogP contribution is 2.28. The molecular weight excluding hydrogens is 234 g/mol. The number of hydrogen-bond acceptors (Lipinski definition) is 2. The third kappa shape index (κ3) is 2.85. The van der Waals surface area contributed by atoms with Crippen molar-refractivity contribution < 1.29 is 5.11 Å². The van der Waals surface area contributed by atoms with Crippen molar-refractivity contribution in [3.8, 4) is 0 Å². The predicted octanol–water partition coefficient (Wildman–Crippen LogP) is 4.16. The monoisotopic (exact) mass is 253 g/mol. The Morgan fingerprint density at radius 2 is 2.11 bits per heavy atom. The second-order valence-corrected chi connectivity index (χ2v) is 5.29. The van der Waals surface area contributed by atoms with Crippen LogP contribution < -0.4 is 0 Å². The summed E-state index contributed by atoms with van der Waals surface area (Å²) in [7, 11) is 0. The van der Waals surface area contributed by atoms with E-state index in [1.807, 2.05) is 24.3 Å². The van der Waals surface area contributed by atoms with Gasteiger partial charge in [-0.15, -0.1) is 0 Å². The lowest BCUT2D eigenvalue weighted by atomic mass is 9.93. The van der Waals surface area contributed by atoms with Crippen molar-refractivity contribution in [2.75, 3.05) is 0 Å². The lowest BCUT2D eigenvalue weighted by molar-refractivity contribution is 0.176. The van der Waals surface area contributed by atoms with Crippen LogP contribution >= 0.6 is 0 Å². The Balaban J connectivity index is 1.80. The fraction of sp³-hybridized carbons (Fsp3) is 0.353. The zero-order chi connectivity index (χ0) is 13.1. The van der Waals surface area contributed by atoms with E-state index in [4.69, 9.17) is 0 Å². The lowest BCUT2D eigenvalue weighted by Gasteiger charge is -2.17. The van der Waals surface area contributed by atoms with Gasteiger partial charge in [0.05, 0.1) is 11.6 Å². The molecule has 0 radical (unpaired) electrons. The highest BCUT2D eigenvalue weighted by atomic mass is 16.3. The SMILES string of the molecule is OC(CC1=CCCCC1)c1cnc2ccccc2c1. The molecule has 1 atom stereocenters. The van der Waals surface area contributed by atoms with Gasteiger partial charge in [0.2, 0.25) is 0 Å². The van der Waals surface area contributed by atoms with Crippen molar-refractivity contribution in [3.63, 3.8) is 0 Å². The van der Waals surface area contributed by atoms with Gasteiger partial charge in [-0.25, -0.2) is 0 Å². The molecule has 0 spiro atoms. The first-order chi connectivity index (χ1) is 9.33. The minimum atomic E-state index is -0.429. The molecule has 0 amide bonds. The molecule has 0 fully saturated rings. The molecular formula is C17H19NO. The van der Waals surface area contributed by atoms with Gasteiger partial charge < -0.3 is 5.11 Å². The first kappa shape index (κ1) is 12.4. The van der Waals surface area contributed by atoms with Crippen LogP contribution in [0.4, 0.5) is 0 Å². The molecule has 3 rings (SSSR count). The third-order valence-corrected chi connectivity index (χ3v) is 3.84. The van der Waals surface area contributed by atoms with Crippen LogP contribution in [0.2, 0.25) is 0 Å². The number of fused-ring (bicyclic) bond motifs is 1. The van der Waals surface area contributed by atoms with E-state index in [0.717, 1.165) is 35.7 Å². The number of hydrogen-bond donors (Lipinski definition) is 1. The molecule has 1 N–H and O–H groups in total. The molecule has 2 heteroatoms. The van der Waals surface area contributed by atoms with Crippen molar-refractivity contribution in [2.45, 2.75) is 38.2 Å². The van der Waals surface area contributed by atoms with E-state index < -0.39 is 6.10 Å². The minimum Gasteiger partial charge on any atom is -0.388 e. The lowest BCUT2D eigenvalue weighted by Crippen LogP contribution is -2.02. The fourth-order valence-corrected chi connectivity index (χ4v) is 2.73. The Labute approximate surface area is 113 Å². The Hall–Kier alpha value is -1.67. The summed E-state index contributed by atoms with van der Waals surface area (Å²) in [5, 5.41) is 11.4. The number of nitrogens with zero attached hydrogens (tertiary/aromatic N) is 1. The summed E-state index contributed by atoms with van der Waals surface area (Å²) < 4.78 is 0. The number of aromatic nitrogens is 1. The maximum absolute atomic E-state index is 10.4. The second-order valence-electron chi connectivity index (χ2n) is 5.29. The number of para-hydroxylation sites is 1. The van der Waals surface area contributed by atoms with Crippen LogP contribution in [0.3, 0.4) is 0 Å². The molecule has 1 aromatic heterocycles. The summed E-state index contributed by atoms with van der Waals surface area (Å²) in [6.07, 6.45) is 9.26. The Morgan fingerprint density at radius 1 is 1.21 bits per heavy atom. The molecule has 19 heavy (non-hydrogen) atoms. The molecule has 0 aliphatic heterocycles. The van der Waals surface area contributed by atoms with Crippen LogP contribution in [0.15, 0.2) is 48.2 Å². The summed E-state index contributed by atoms with van der Waals surface area (Å²) in [4.78, 5) is 4.42. The highest BCUT2D eigenvalue weighted by Gasteiger charge is 2.13. The molecule has 0 bridgehead atoms. The van der Waals surface area contributed by atoms with Gasteiger partial charge in [-0.2, -0.15) is 0 Å². The van der Waals surface area contributed by atoms with Crippen LogP contribution in [0.1, 0.15) is 43.8 Å². The first-order valence-corrected chi connectivity index (χ1v) is 7.03. The van der Waals surface area contributed by atoms with Crippen molar-refractivity contribution in [3.05, 3.63) is 53.7 Å². The number of benzene rings is 1. The van der Waals surface area contributed by atoms with E-state index in [-0.39, 0.29) is 0 Å². The molecule has 2 nitrogen and oxygen atoms in total. The molecule has 0 saturated heterocycles. The highest BCUT2D eigenvalue weighted by molar-refractivity contribution is 5.78. The molecule has 98 valence electrons. The maximum Gasteiger partial charge on any atom is 0.0842 e. The summed E-state index contributed by atoms with van der Waals surface area (Å²) in [5.41, 5.74) is 3.30. The van der Waals surface area contributed by atoms with Crippen LogP contribution in [0.25, 0.3) is 10.9 Å². The molecule has 1 unspecified atom stereocenters. The Bertz CT molecular complexity index is 603. The van der Waals surface area contributed by atoms with Gasteiger partial charge in [0, 0.05) is 11.6 Å². The first-order valence-electron chi connectivity index (χ1n) is 7.03. The van der Waals surface area contributed by atoms with Crippen LogP contribution in [0.5, 0.6) is 0 Å². The van der Waals surface area contributed by atoms with E-state index in [1.165, 1.54) is 18.4 Å². The normalized spacial score (nSPS) is 17.2. The number of aliphatic hydroxyl groups is 1. The Kier molecular flexibility index (Phi) is 3.60. The van der Waals surface area contributed by atoms with E-state index in [2.05, 4.69) is 17.1 Å². The number of allylic oxidation sites excluding steroid dienone is 1. The zero-order valence-electron chi connectivity index (χ0n) is 11.0. The molecule has 1 aliphatic carbocycles. The van der Waals surface area contributed by atoms with Crippen LogP contribution in [-0.2, 0) is 0 Å². The topological polar surface area (TPSA) is 33.1 Å². The van der Waals surface area contributed by atoms with E-state index in [1.54, 1.807) is 6.20 Å². The molecule has 1 aromatic carbocycles. The van der Waals surface area contributed by atoms with Gasteiger partial charge in [-0.3, -0.25) is 4.98 Å². The van der Waals surface area contributed by atoms with Gasteiger partial charge >= 0.3 is 0 Å². The second kappa shape index (κ2) is 5.54. The Morgan fingerprint density at radius 3 is 2.95 bits per heavy atom. The van der Waals surface area contributed by atoms with Crippen molar-refractivity contribution in [1.82, 2.24) is 4.98 Å². The van der Waals surface area contributed by atoms with E-state index >= 15 is 0 Å². The van der Waals surface area contributed by atoms with E-state index in [9.17, 15) is 5.11 Å². The van der Waals surface area contributed by atoms with Crippen LogP contribution in [0, 0.1) is 0 Å². The van der Waals surface area contributed by atoms with Crippen LogP contribution in [-0.4, -0.2) is 10.1 Å². The largest absolute Gasteiger partial charge is 0.388 e. The average Bonchev–Trinajstić information content (AvgIpc) is 2.48. The molecule has 1 heterocycles. The summed E-state index contributed by atoms with van der Waals surface area (Å²) >= 11 is 0. The molecule has 1 aliphatic rings. The van der Waals surface area contributed by atoms with Crippen molar-refractivity contribution >= 4 is 10.9 Å². The summed E-state index contributed by atoms with van der Waals surface area (Å²) in [6.45, 7) is 0. The number of aliphatic hydroxyl groups excluding tert-OH is 1. The minimum absolute atomic E-state index is 0.429. The van der Waals surface area contributed by atoms with Gasteiger partial charge in [0.25, 0.3) is 0 Å². The van der Waals surface area contributed by atoms with E-state index in [0.29, 0.717) is 0 Å². The summed E-state index contributed by atoms with van der Waals surface area (Å²) in [6, 6.07) is 10.1. The maximum atomic E-state index is 10.4. The number of rotatable bonds is 3. The number of pyridine rings is 1. The smallest absolute Gasteiger partial charge is 0.0842 e. The molecule has 0 saturated carbocycles. The van der Waals surface area contributed by atoms with Crippen molar-refractivity contribution in [1.29, 1.82) is 0 Å². The van der Waals surface area contributed by atoms with Gasteiger partial charge in [-0.05, 0) is 49.8 Å². The van der Waals surface area contributed by atoms with Gasteiger partial charge in [-0.1, -0.05) is 29.8 Å². The quantitative estimate of drug-likeness (QED) is 0.833. The third-order valence-electron chi connectivity index (χ3n) is 3.84. The van der Waals surface area contributed by atoms with Gasteiger partial charge in [0.1, 0.15) is 0 Å². The fourth-order valence-electron chi connectivity index (χ4n) is 2.73. The predicted molar refractivity (Wildman–Crippen MR) is 77.9 cm³/mol. The zero-order valence-corrected chi connectivity index (χ0v) is 11.0. The average molecular weight is 253 g/mol.